The van der Waals surface area contributed by atoms with Crippen molar-refractivity contribution in [3.05, 3.63) is 29.1 Å². The van der Waals surface area contributed by atoms with Crippen molar-refractivity contribution in [3.63, 3.8) is 0 Å². The molecule has 0 N–H and O–H groups in total. The molecule has 0 radical (unpaired) electrons. The van der Waals surface area contributed by atoms with Gasteiger partial charge in [-0.3, -0.25) is 4.79 Å². The number of alkyl halides is 3. The summed E-state index contributed by atoms with van der Waals surface area (Å²) in [5.41, 5.74) is -1.88. The first kappa shape index (κ1) is 14.0. The second-order valence-electron chi connectivity index (χ2n) is 3.31. The molecule has 0 heterocycles. The van der Waals surface area contributed by atoms with Crippen molar-refractivity contribution >= 4 is 17.5 Å². The second-order valence-corrected chi connectivity index (χ2v) is 4.19. The van der Waals surface area contributed by atoms with Gasteiger partial charge in [-0.15, -0.1) is 11.8 Å². The minimum Gasteiger partial charge on any atom is -0.294 e. The Hall–Kier alpha value is -1.04. The molecular formula is C11H10F4OS. The predicted octanol–water partition coefficient (Wildman–Crippen LogP) is 4.16. The normalized spacial score (nSPS) is 11.6. The van der Waals surface area contributed by atoms with Crippen LogP contribution in [0.25, 0.3) is 0 Å². The van der Waals surface area contributed by atoms with Crippen LogP contribution < -0.4 is 0 Å². The molecular weight excluding hydrogens is 256 g/mol. The Morgan fingerprint density at radius 3 is 2.35 bits per heavy atom. The standard InChI is InChI=1S/C11H10F4OS/c1-3-9(16)7-4-6(17-2)5-8(10(7)12)11(13,14)15/h4-5H,3H2,1-2H3. The van der Waals surface area contributed by atoms with E-state index < -0.39 is 28.9 Å². The second kappa shape index (κ2) is 5.08. The van der Waals surface area contributed by atoms with E-state index in [-0.39, 0.29) is 11.3 Å². The Labute approximate surface area is 100 Å². The minimum atomic E-state index is -4.79. The minimum absolute atomic E-state index is 0.0357. The van der Waals surface area contributed by atoms with Gasteiger partial charge in [-0.2, -0.15) is 13.2 Å². The van der Waals surface area contributed by atoms with Crippen molar-refractivity contribution in [2.45, 2.75) is 24.4 Å². The molecule has 94 valence electrons. The Kier molecular flexibility index (Phi) is 4.19. The van der Waals surface area contributed by atoms with Crippen LogP contribution >= 0.6 is 11.8 Å². The lowest BCUT2D eigenvalue weighted by atomic mass is 10.0. The third-order valence-corrected chi connectivity index (χ3v) is 2.92. The fourth-order valence-corrected chi connectivity index (χ4v) is 1.79. The summed E-state index contributed by atoms with van der Waals surface area (Å²) in [6, 6.07) is 1.87. The Morgan fingerprint density at radius 2 is 1.94 bits per heavy atom. The van der Waals surface area contributed by atoms with E-state index in [4.69, 9.17) is 0 Å². The van der Waals surface area contributed by atoms with Gasteiger partial charge < -0.3 is 0 Å². The number of ketones is 1. The monoisotopic (exact) mass is 266 g/mol. The van der Waals surface area contributed by atoms with Crippen LogP contribution in [-0.2, 0) is 6.18 Å². The molecule has 0 saturated heterocycles. The number of thioether (sulfide) groups is 1. The van der Waals surface area contributed by atoms with Gasteiger partial charge in [-0.05, 0) is 18.4 Å². The zero-order chi connectivity index (χ0) is 13.2. The maximum absolute atomic E-state index is 13.6. The first-order valence-electron chi connectivity index (χ1n) is 4.79. The van der Waals surface area contributed by atoms with Crippen LogP contribution in [0, 0.1) is 5.82 Å². The quantitative estimate of drug-likeness (QED) is 0.464. The van der Waals surface area contributed by atoms with Crippen molar-refractivity contribution in [2.75, 3.05) is 6.26 Å². The molecule has 0 bridgehead atoms. The smallest absolute Gasteiger partial charge is 0.294 e. The lowest BCUT2D eigenvalue weighted by Gasteiger charge is -2.12. The molecule has 0 saturated carbocycles. The van der Waals surface area contributed by atoms with Crippen LogP contribution in [0.2, 0.25) is 0 Å². The first-order valence-corrected chi connectivity index (χ1v) is 6.01. The fraction of sp³-hybridized carbons (Fsp3) is 0.364. The predicted molar refractivity (Wildman–Crippen MR) is 57.8 cm³/mol. The maximum Gasteiger partial charge on any atom is 0.419 e. The molecule has 1 nitrogen and oxygen atoms in total. The summed E-state index contributed by atoms with van der Waals surface area (Å²) in [7, 11) is 0. The molecule has 0 atom stereocenters. The number of Topliss-reactive ketones (excluding diaryl/α,β-unsaturated/α-hetero) is 1. The number of hydrogen-bond acceptors (Lipinski definition) is 2. The van der Waals surface area contributed by atoms with Gasteiger partial charge in [0.2, 0.25) is 0 Å². The zero-order valence-corrected chi connectivity index (χ0v) is 10.0. The molecule has 1 aromatic rings. The molecule has 0 unspecified atom stereocenters. The van der Waals surface area contributed by atoms with Gasteiger partial charge in [-0.25, -0.2) is 4.39 Å². The molecule has 0 aliphatic heterocycles. The van der Waals surface area contributed by atoms with Crippen LogP contribution in [0.4, 0.5) is 17.6 Å². The molecule has 17 heavy (non-hydrogen) atoms. The van der Waals surface area contributed by atoms with Gasteiger partial charge in [0.05, 0.1) is 11.1 Å². The molecule has 1 rings (SSSR count). The Bertz CT molecular complexity index is 440. The van der Waals surface area contributed by atoms with Gasteiger partial charge in [0, 0.05) is 11.3 Å². The van der Waals surface area contributed by atoms with Gasteiger partial charge in [0.15, 0.2) is 5.78 Å². The number of hydrogen-bond donors (Lipinski definition) is 0. The molecule has 0 amide bonds. The van der Waals surface area contributed by atoms with Crippen LogP contribution in [-0.4, -0.2) is 12.0 Å². The highest BCUT2D eigenvalue weighted by molar-refractivity contribution is 7.98. The molecule has 6 heteroatoms. The lowest BCUT2D eigenvalue weighted by molar-refractivity contribution is -0.140. The van der Waals surface area contributed by atoms with Gasteiger partial charge >= 0.3 is 6.18 Å². The molecule has 0 aromatic heterocycles. The summed E-state index contributed by atoms with van der Waals surface area (Å²) in [6.45, 7) is 1.47. The highest BCUT2D eigenvalue weighted by atomic mass is 32.2. The number of rotatable bonds is 3. The highest BCUT2D eigenvalue weighted by Crippen LogP contribution is 2.35. The number of carbonyl (C=O) groups is 1. The van der Waals surface area contributed by atoms with E-state index in [1.54, 1.807) is 6.26 Å². The Morgan fingerprint density at radius 1 is 1.35 bits per heavy atom. The summed E-state index contributed by atoms with van der Waals surface area (Å²) in [5.74, 6) is -2.12. The largest absolute Gasteiger partial charge is 0.419 e. The van der Waals surface area contributed by atoms with Crippen LogP contribution in [0.1, 0.15) is 29.3 Å². The molecule has 0 aliphatic rings. The van der Waals surface area contributed by atoms with Crippen LogP contribution in [0.15, 0.2) is 17.0 Å². The summed E-state index contributed by atoms with van der Waals surface area (Å²) in [4.78, 5) is 11.6. The van der Waals surface area contributed by atoms with Crippen molar-refractivity contribution in [1.29, 1.82) is 0 Å². The lowest BCUT2D eigenvalue weighted by Crippen LogP contribution is -2.12. The third kappa shape index (κ3) is 3.00. The zero-order valence-electron chi connectivity index (χ0n) is 9.19. The van der Waals surface area contributed by atoms with Gasteiger partial charge in [0.1, 0.15) is 5.82 Å². The van der Waals surface area contributed by atoms with E-state index >= 15 is 0 Å². The summed E-state index contributed by atoms with van der Waals surface area (Å²) >= 11 is 1.03. The average Bonchev–Trinajstić information content (AvgIpc) is 2.26. The Balaban J connectivity index is 3.47. The summed E-state index contributed by atoms with van der Waals surface area (Å²) in [6.07, 6.45) is -3.27. The summed E-state index contributed by atoms with van der Waals surface area (Å²) in [5, 5.41) is 0. The molecule has 0 aliphatic carbocycles. The van der Waals surface area contributed by atoms with Crippen molar-refractivity contribution in [3.8, 4) is 0 Å². The van der Waals surface area contributed by atoms with Crippen LogP contribution in [0.3, 0.4) is 0 Å². The summed E-state index contributed by atoms with van der Waals surface area (Å²) < 4.78 is 51.2. The van der Waals surface area contributed by atoms with E-state index in [2.05, 4.69) is 0 Å². The number of carbonyl (C=O) groups excluding carboxylic acids is 1. The van der Waals surface area contributed by atoms with Gasteiger partial charge in [0.25, 0.3) is 0 Å². The number of halogens is 4. The van der Waals surface area contributed by atoms with E-state index in [9.17, 15) is 22.4 Å². The van der Waals surface area contributed by atoms with E-state index in [1.807, 2.05) is 0 Å². The van der Waals surface area contributed by atoms with E-state index in [0.717, 1.165) is 17.8 Å². The van der Waals surface area contributed by atoms with Crippen molar-refractivity contribution in [2.24, 2.45) is 0 Å². The topological polar surface area (TPSA) is 17.1 Å². The first-order chi connectivity index (χ1) is 7.81. The fourth-order valence-electron chi connectivity index (χ4n) is 1.32. The van der Waals surface area contributed by atoms with Gasteiger partial charge in [-0.1, -0.05) is 6.92 Å². The average molecular weight is 266 g/mol. The number of benzene rings is 1. The highest BCUT2D eigenvalue weighted by Gasteiger charge is 2.36. The van der Waals surface area contributed by atoms with Crippen LogP contribution in [0.5, 0.6) is 0 Å². The third-order valence-electron chi connectivity index (χ3n) is 2.21. The van der Waals surface area contributed by atoms with Crippen molar-refractivity contribution < 1.29 is 22.4 Å². The molecule has 0 spiro atoms. The van der Waals surface area contributed by atoms with E-state index in [0.29, 0.717) is 6.07 Å². The van der Waals surface area contributed by atoms with E-state index in [1.165, 1.54) is 6.92 Å². The van der Waals surface area contributed by atoms with Crippen molar-refractivity contribution in [1.82, 2.24) is 0 Å². The SMILES string of the molecule is CCC(=O)c1cc(SC)cc(C(F)(F)F)c1F. The molecule has 1 aromatic carbocycles. The maximum atomic E-state index is 13.6. The molecule has 0 fully saturated rings.